The summed E-state index contributed by atoms with van der Waals surface area (Å²) in [5.41, 5.74) is 13.3. The normalized spacial score (nSPS) is 16.1. The van der Waals surface area contributed by atoms with E-state index in [1.807, 2.05) is 17.5 Å². The third kappa shape index (κ3) is 7.64. The number of allylic oxidation sites excluding steroid dienone is 1. The summed E-state index contributed by atoms with van der Waals surface area (Å²) in [5, 5.41) is 15.9. The molecule has 0 aliphatic carbocycles. The minimum atomic E-state index is -2.62. The number of hydrogen-bond donors (Lipinski definition) is 4. The number of phenolic OH excluding ortho intramolecular Hbond substituents is 1. The number of rotatable bonds is 6. The summed E-state index contributed by atoms with van der Waals surface area (Å²) in [5.74, 6) is 0.459. The summed E-state index contributed by atoms with van der Waals surface area (Å²) in [6, 6.07) is 5.61. The van der Waals surface area contributed by atoms with Gasteiger partial charge in [0, 0.05) is 34.9 Å². The molecule has 0 bridgehead atoms. The van der Waals surface area contributed by atoms with Crippen molar-refractivity contribution < 1.29 is 18.6 Å². The molecule has 0 atom stereocenters. The Hall–Kier alpha value is -2.43. The number of nitrogens with zero attached hydrogens (tertiary/aromatic N) is 2. The third-order valence-electron chi connectivity index (χ3n) is 4.96. The first-order chi connectivity index (χ1) is 14.8. The van der Waals surface area contributed by atoms with E-state index in [-0.39, 0.29) is 18.3 Å². The Labute approximate surface area is 185 Å². The molecule has 0 unspecified atom stereocenters. The lowest BCUT2D eigenvalue weighted by atomic mass is 10.1. The summed E-state index contributed by atoms with van der Waals surface area (Å²) in [6.45, 7) is 2.03. The van der Waals surface area contributed by atoms with Crippen LogP contribution in [0.15, 0.2) is 34.3 Å². The van der Waals surface area contributed by atoms with Gasteiger partial charge in [0.1, 0.15) is 5.75 Å². The molecular formula is C21H31F2N5O2S. The number of fused-ring (bicyclic) bond motifs is 1. The predicted molar refractivity (Wildman–Crippen MR) is 123 cm³/mol. The number of nitrogens with one attached hydrogen (secondary N) is 1. The lowest BCUT2D eigenvalue weighted by molar-refractivity contribution is -0.132. The highest BCUT2D eigenvalue weighted by Crippen LogP contribution is 2.34. The van der Waals surface area contributed by atoms with E-state index in [4.69, 9.17) is 11.5 Å². The zero-order chi connectivity index (χ0) is 22.8. The molecule has 2 aromatic rings. The number of phenols is 1. The molecular weight excluding hydrogens is 424 g/mol. The lowest BCUT2D eigenvalue weighted by Crippen LogP contribution is -2.33. The zero-order valence-electron chi connectivity index (χ0n) is 17.9. The van der Waals surface area contributed by atoms with Crippen LogP contribution >= 0.6 is 11.3 Å². The van der Waals surface area contributed by atoms with Gasteiger partial charge in [-0.05, 0) is 56.4 Å². The number of guanidine groups is 1. The number of aromatic hydroxyl groups is 1. The maximum atomic E-state index is 11.5. The average Bonchev–Trinajstić information content (AvgIpc) is 3.24. The molecule has 6 N–H and O–H groups in total. The number of hydrogen-bond acceptors (Lipinski definition) is 6. The standard InChI is InChI=1S/C13H16N4OS.C8H15F2NO/c1-7(17-13(15)16-2)11(14)9-3-4-10-8(12(9)18)5-6-19-10;9-8(10)12-7-6-11-4-2-1-3-5-11/h3-6,18H,14H2,1-2H3,(H3,15,16,17);8H,1-7H2/b11-7-;. The molecule has 0 amide bonds. The van der Waals surface area contributed by atoms with Crippen LogP contribution in [0.2, 0.25) is 0 Å². The molecule has 2 heterocycles. The fourth-order valence-corrected chi connectivity index (χ4v) is 4.01. The van der Waals surface area contributed by atoms with Gasteiger partial charge in [-0.2, -0.15) is 8.78 Å². The van der Waals surface area contributed by atoms with Gasteiger partial charge in [0.15, 0.2) is 5.96 Å². The smallest absolute Gasteiger partial charge is 0.345 e. The maximum Gasteiger partial charge on any atom is 0.345 e. The maximum absolute atomic E-state index is 11.5. The Bertz CT molecular complexity index is 895. The van der Waals surface area contributed by atoms with E-state index in [1.54, 1.807) is 31.4 Å². The third-order valence-corrected chi connectivity index (χ3v) is 5.84. The number of halogens is 2. The van der Waals surface area contributed by atoms with E-state index in [2.05, 4.69) is 19.9 Å². The van der Waals surface area contributed by atoms with Crippen molar-refractivity contribution in [3.05, 3.63) is 34.8 Å². The molecule has 0 radical (unpaired) electrons. The van der Waals surface area contributed by atoms with Crippen molar-refractivity contribution >= 4 is 33.1 Å². The Kier molecular flexibility index (Phi) is 9.96. The first-order valence-electron chi connectivity index (χ1n) is 10.1. The predicted octanol–water partition coefficient (Wildman–Crippen LogP) is 3.50. The van der Waals surface area contributed by atoms with Gasteiger partial charge in [0.25, 0.3) is 0 Å². The summed E-state index contributed by atoms with van der Waals surface area (Å²) in [6.07, 6.45) is 3.65. The summed E-state index contributed by atoms with van der Waals surface area (Å²) >= 11 is 1.57. The van der Waals surface area contributed by atoms with Crippen LogP contribution in [0.25, 0.3) is 15.8 Å². The van der Waals surface area contributed by atoms with E-state index in [0.717, 1.165) is 23.2 Å². The van der Waals surface area contributed by atoms with E-state index in [9.17, 15) is 13.9 Å². The number of thiophene rings is 1. The minimum Gasteiger partial charge on any atom is -0.507 e. The second-order valence-electron chi connectivity index (χ2n) is 7.10. The molecule has 172 valence electrons. The van der Waals surface area contributed by atoms with Gasteiger partial charge in [-0.25, -0.2) is 0 Å². The van der Waals surface area contributed by atoms with Crippen molar-refractivity contribution in [2.24, 2.45) is 16.5 Å². The SMILES string of the molecule is CN=C(N)N/C(C)=C(\N)c1ccc2sccc2c1O.FC(F)OCCN1CCCCC1. The van der Waals surface area contributed by atoms with Crippen LogP contribution in [0, 0.1) is 0 Å². The monoisotopic (exact) mass is 455 g/mol. The topological polar surface area (TPSA) is 109 Å². The van der Waals surface area contributed by atoms with Gasteiger partial charge in [-0.1, -0.05) is 6.42 Å². The van der Waals surface area contributed by atoms with Crippen LogP contribution in [-0.2, 0) is 4.74 Å². The molecule has 1 saturated heterocycles. The van der Waals surface area contributed by atoms with Crippen LogP contribution in [0.4, 0.5) is 8.78 Å². The number of piperidine rings is 1. The number of aliphatic imine (C=N–C) groups is 1. The van der Waals surface area contributed by atoms with Crippen molar-refractivity contribution in [1.29, 1.82) is 0 Å². The number of likely N-dealkylation sites (tertiary alicyclic amines) is 1. The lowest BCUT2D eigenvalue weighted by Gasteiger charge is -2.25. The largest absolute Gasteiger partial charge is 0.507 e. The molecule has 1 aromatic carbocycles. The van der Waals surface area contributed by atoms with Gasteiger partial charge in [0.2, 0.25) is 0 Å². The summed E-state index contributed by atoms with van der Waals surface area (Å²) in [4.78, 5) is 5.97. The molecule has 1 aliphatic heterocycles. The second kappa shape index (κ2) is 12.4. The van der Waals surface area contributed by atoms with Crippen molar-refractivity contribution in [1.82, 2.24) is 10.2 Å². The Morgan fingerprint density at radius 3 is 2.61 bits per heavy atom. The number of nitrogens with two attached hydrogens (primary N) is 2. The fourth-order valence-electron chi connectivity index (χ4n) is 3.22. The molecule has 1 fully saturated rings. The Balaban J connectivity index is 0.000000245. The highest BCUT2D eigenvalue weighted by Gasteiger charge is 2.12. The highest BCUT2D eigenvalue weighted by atomic mass is 32.1. The van der Waals surface area contributed by atoms with Crippen LogP contribution in [0.3, 0.4) is 0 Å². The summed E-state index contributed by atoms with van der Waals surface area (Å²) in [7, 11) is 1.58. The molecule has 31 heavy (non-hydrogen) atoms. The molecule has 0 spiro atoms. The first kappa shape index (κ1) is 24.8. The summed E-state index contributed by atoms with van der Waals surface area (Å²) < 4.78 is 28.3. The molecule has 10 heteroatoms. The molecule has 0 saturated carbocycles. The highest BCUT2D eigenvalue weighted by molar-refractivity contribution is 7.17. The Morgan fingerprint density at radius 2 is 1.97 bits per heavy atom. The molecule has 1 aliphatic rings. The van der Waals surface area contributed by atoms with Crippen LogP contribution in [0.5, 0.6) is 5.75 Å². The first-order valence-corrected chi connectivity index (χ1v) is 11.0. The van der Waals surface area contributed by atoms with Crippen molar-refractivity contribution in [2.45, 2.75) is 32.8 Å². The van der Waals surface area contributed by atoms with E-state index in [1.165, 1.54) is 19.3 Å². The van der Waals surface area contributed by atoms with E-state index < -0.39 is 6.61 Å². The molecule has 3 rings (SSSR count). The van der Waals surface area contributed by atoms with Crippen LogP contribution in [-0.4, -0.2) is 55.9 Å². The van der Waals surface area contributed by atoms with Gasteiger partial charge in [-0.3, -0.25) is 4.99 Å². The molecule has 1 aromatic heterocycles. The number of ether oxygens (including phenoxy) is 1. The van der Waals surface area contributed by atoms with Gasteiger partial charge in [-0.15, -0.1) is 11.3 Å². The van der Waals surface area contributed by atoms with Crippen molar-refractivity contribution in [3.63, 3.8) is 0 Å². The Morgan fingerprint density at radius 1 is 1.26 bits per heavy atom. The van der Waals surface area contributed by atoms with Gasteiger partial charge >= 0.3 is 6.61 Å². The van der Waals surface area contributed by atoms with Gasteiger partial charge in [0.05, 0.1) is 12.3 Å². The zero-order valence-corrected chi connectivity index (χ0v) is 18.7. The average molecular weight is 456 g/mol. The number of alkyl halides is 2. The van der Waals surface area contributed by atoms with Crippen molar-refractivity contribution in [2.75, 3.05) is 33.3 Å². The van der Waals surface area contributed by atoms with E-state index in [0.29, 0.717) is 23.5 Å². The van der Waals surface area contributed by atoms with Crippen LogP contribution < -0.4 is 16.8 Å². The second-order valence-corrected chi connectivity index (χ2v) is 8.05. The van der Waals surface area contributed by atoms with E-state index >= 15 is 0 Å². The van der Waals surface area contributed by atoms with Gasteiger partial charge < -0.3 is 31.5 Å². The number of benzene rings is 1. The minimum absolute atomic E-state index is 0.150. The fraction of sp³-hybridized carbons (Fsp3) is 0.476. The molecule has 7 nitrogen and oxygen atoms in total. The van der Waals surface area contributed by atoms with Crippen LogP contribution in [0.1, 0.15) is 31.7 Å². The quantitative estimate of drug-likeness (QED) is 0.392. The van der Waals surface area contributed by atoms with Crippen molar-refractivity contribution in [3.8, 4) is 5.75 Å².